The summed E-state index contributed by atoms with van der Waals surface area (Å²) in [6, 6.07) is 9.23. The standard InChI is InChI=1S/C16H13F2NO/c17-14-6-2-5-13(15(14)18)16(20)19-12-8-7-10-3-1-4-11(10)9-12/h2,5-9H,1,3-4H2,(H,19,20). The largest absolute Gasteiger partial charge is 0.322 e. The lowest BCUT2D eigenvalue weighted by molar-refractivity contribution is 0.102. The van der Waals surface area contributed by atoms with Gasteiger partial charge in [0.1, 0.15) is 0 Å². The molecule has 1 N–H and O–H groups in total. The highest BCUT2D eigenvalue weighted by Crippen LogP contribution is 2.25. The fourth-order valence-corrected chi connectivity index (χ4v) is 2.53. The molecule has 0 heterocycles. The number of hydrogen-bond donors (Lipinski definition) is 1. The van der Waals surface area contributed by atoms with Crippen molar-refractivity contribution in [1.82, 2.24) is 0 Å². The summed E-state index contributed by atoms with van der Waals surface area (Å²) in [6.45, 7) is 0. The minimum atomic E-state index is -1.12. The van der Waals surface area contributed by atoms with Crippen molar-refractivity contribution in [3.63, 3.8) is 0 Å². The zero-order valence-electron chi connectivity index (χ0n) is 10.7. The van der Waals surface area contributed by atoms with Gasteiger partial charge in [-0.3, -0.25) is 4.79 Å². The molecule has 0 bridgehead atoms. The molecule has 20 heavy (non-hydrogen) atoms. The fraction of sp³-hybridized carbons (Fsp3) is 0.188. The van der Waals surface area contributed by atoms with Gasteiger partial charge >= 0.3 is 0 Å². The third kappa shape index (κ3) is 2.29. The maximum atomic E-state index is 13.5. The van der Waals surface area contributed by atoms with Gasteiger partial charge in [-0.2, -0.15) is 0 Å². The molecule has 102 valence electrons. The number of halogens is 2. The number of aryl methyl sites for hydroxylation is 2. The predicted molar refractivity (Wildman–Crippen MR) is 72.8 cm³/mol. The Hall–Kier alpha value is -2.23. The summed E-state index contributed by atoms with van der Waals surface area (Å²) >= 11 is 0. The molecule has 2 aromatic rings. The van der Waals surface area contributed by atoms with Crippen molar-refractivity contribution in [3.05, 3.63) is 64.7 Å². The van der Waals surface area contributed by atoms with Crippen molar-refractivity contribution in [1.29, 1.82) is 0 Å². The van der Waals surface area contributed by atoms with Gasteiger partial charge in [0.15, 0.2) is 11.6 Å². The number of benzene rings is 2. The number of amides is 1. The summed E-state index contributed by atoms with van der Waals surface area (Å²) in [5, 5.41) is 2.61. The van der Waals surface area contributed by atoms with E-state index < -0.39 is 17.5 Å². The Balaban J connectivity index is 1.84. The van der Waals surface area contributed by atoms with E-state index in [9.17, 15) is 13.6 Å². The van der Waals surface area contributed by atoms with Crippen molar-refractivity contribution in [2.45, 2.75) is 19.3 Å². The number of carbonyl (C=O) groups excluding carboxylic acids is 1. The molecule has 0 saturated heterocycles. The molecular formula is C16H13F2NO. The Morgan fingerprint density at radius 2 is 1.85 bits per heavy atom. The van der Waals surface area contributed by atoms with Gasteiger partial charge in [-0.1, -0.05) is 12.1 Å². The van der Waals surface area contributed by atoms with Gasteiger partial charge in [-0.25, -0.2) is 8.78 Å². The molecule has 1 amide bonds. The number of hydrogen-bond acceptors (Lipinski definition) is 1. The Bertz CT molecular complexity index is 682. The van der Waals surface area contributed by atoms with E-state index in [-0.39, 0.29) is 5.56 Å². The minimum Gasteiger partial charge on any atom is -0.322 e. The van der Waals surface area contributed by atoms with Gasteiger partial charge in [0.05, 0.1) is 5.56 Å². The van der Waals surface area contributed by atoms with E-state index in [4.69, 9.17) is 0 Å². The third-order valence-electron chi connectivity index (χ3n) is 3.55. The average Bonchev–Trinajstić information content (AvgIpc) is 2.89. The van der Waals surface area contributed by atoms with Gasteiger partial charge in [-0.15, -0.1) is 0 Å². The van der Waals surface area contributed by atoms with Crippen LogP contribution < -0.4 is 5.32 Å². The number of anilines is 1. The first-order valence-electron chi connectivity index (χ1n) is 6.52. The van der Waals surface area contributed by atoms with Gasteiger partial charge < -0.3 is 5.32 Å². The molecule has 0 unspecified atom stereocenters. The van der Waals surface area contributed by atoms with Crippen molar-refractivity contribution in [3.8, 4) is 0 Å². The summed E-state index contributed by atoms with van der Waals surface area (Å²) in [5.74, 6) is -2.78. The zero-order valence-corrected chi connectivity index (χ0v) is 10.7. The molecule has 0 aliphatic heterocycles. The monoisotopic (exact) mass is 273 g/mol. The molecule has 0 saturated carbocycles. The summed E-state index contributed by atoms with van der Waals surface area (Å²) in [6.07, 6.45) is 3.17. The van der Waals surface area contributed by atoms with Crippen molar-refractivity contribution < 1.29 is 13.6 Å². The van der Waals surface area contributed by atoms with Crippen molar-refractivity contribution in [2.75, 3.05) is 5.32 Å². The van der Waals surface area contributed by atoms with Crippen LogP contribution in [0.2, 0.25) is 0 Å². The third-order valence-corrected chi connectivity index (χ3v) is 3.55. The Kier molecular flexibility index (Phi) is 3.22. The van der Waals surface area contributed by atoms with Crippen LogP contribution in [0.4, 0.5) is 14.5 Å². The van der Waals surface area contributed by atoms with E-state index in [0.29, 0.717) is 5.69 Å². The molecule has 2 aromatic carbocycles. The maximum absolute atomic E-state index is 13.5. The molecule has 0 aromatic heterocycles. The van der Waals surface area contributed by atoms with E-state index in [1.807, 2.05) is 12.1 Å². The lowest BCUT2D eigenvalue weighted by Crippen LogP contribution is -2.14. The van der Waals surface area contributed by atoms with Gasteiger partial charge in [-0.05, 0) is 54.7 Å². The maximum Gasteiger partial charge on any atom is 0.258 e. The highest BCUT2D eigenvalue weighted by molar-refractivity contribution is 6.04. The predicted octanol–water partition coefficient (Wildman–Crippen LogP) is 3.71. The smallest absolute Gasteiger partial charge is 0.258 e. The van der Waals surface area contributed by atoms with Crippen molar-refractivity contribution >= 4 is 11.6 Å². The number of fused-ring (bicyclic) bond motifs is 1. The average molecular weight is 273 g/mol. The molecule has 0 fully saturated rings. The van der Waals surface area contributed by atoms with Gasteiger partial charge in [0, 0.05) is 5.69 Å². The van der Waals surface area contributed by atoms with Gasteiger partial charge in [0.2, 0.25) is 0 Å². The topological polar surface area (TPSA) is 29.1 Å². The second-order valence-electron chi connectivity index (χ2n) is 4.89. The van der Waals surface area contributed by atoms with Crippen molar-refractivity contribution in [2.24, 2.45) is 0 Å². The molecule has 0 spiro atoms. The quantitative estimate of drug-likeness (QED) is 0.888. The molecule has 3 rings (SSSR count). The molecule has 2 nitrogen and oxygen atoms in total. The normalized spacial score (nSPS) is 13.1. The first kappa shape index (κ1) is 12.8. The molecule has 4 heteroatoms. The zero-order chi connectivity index (χ0) is 14.1. The number of nitrogens with one attached hydrogen (secondary N) is 1. The molecule has 0 radical (unpaired) electrons. The Morgan fingerprint density at radius 1 is 1.05 bits per heavy atom. The van der Waals surface area contributed by atoms with Crippen LogP contribution in [0.25, 0.3) is 0 Å². The summed E-state index contributed by atoms with van der Waals surface area (Å²) in [7, 11) is 0. The fourth-order valence-electron chi connectivity index (χ4n) is 2.53. The van der Waals surface area contributed by atoms with Crippen LogP contribution >= 0.6 is 0 Å². The highest BCUT2D eigenvalue weighted by atomic mass is 19.2. The summed E-state index contributed by atoms with van der Waals surface area (Å²) < 4.78 is 26.6. The summed E-state index contributed by atoms with van der Waals surface area (Å²) in [4.78, 5) is 12.0. The van der Waals surface area contributed by atoms with E-state index in [1.165, 1.54) is 23.3 Å². The molecule has 1 aliphatic rings. The second-order valence-corrected chi connectivity index (χ2v) is 4.89. The Labute approximate surface area is 115 Å². The van der Waals surface area contributed by atoms with Gasteiger partial charge in [0.25, 0.3) is 5.91 Å². The molecule has 1 aliphatic carbocycles. The first-order chi connectivity index (χ1) is 9.65. The minimum absolute atomic E-state index is 0.287. The van der Waals surface area contributed by atoms with Crippen LogP contribution in [-0.2, 0) is 12.8 Å². The molecule has 0 atom stereocenters. The van der Waals surface area contributed by atoms with Crippen LogP contribution in [0.5, 0.6) is 0 Å². The lowest BCUT2D eigenvalue weighted by Gasteiger charge is -2.08. The first-order valence-corrected chi connectivity index (χ1v) is 6.52. The Morgan fingerprint density at radius 3 is 2.70 bits per heavy atom. The SMILES string of the molecule is O=C(Nc1ccc2c(c1)CCC2)c1cccc(F)c1F. The van der Waals surface area contributed by atoms with E-state index >= 15 is 0 Å². The van der Waals surface area contributed by atoms with Crippen LogP contribution in [0.3, 0.4) is 0 Å². The summed E-state index contributed by atoms with van der Waals surface area (Å²) in [5.41, 5.74) is 2.83. The highest BCUT2D eigenvalue weighted by Gasteiger charge is 2.16. The number of rotatable bonds is 2. The lowest BCUT2D eigenvalue weighted by atomic mass is 10.1. The van der Waals surface area contributed by atoms with E-state index in [2.05, 4.69) is 5.32 Å². The van der Waals surface area contributed by atoms with Crippen LogP contribution in [-0.4, -0.2) is 5.91 Å². The number of carbonyl (C=O) groups is 1. The van der Waals surface area contributed by atoms with Crippen LogP contribution in [0, 0.1) is 11.6 Å². The second kappa shape index (κ2) is 5.04. The van der Waals surface area contributed by atoms with Crippen LogP contribution in [0.15, 0.2) is 36.4 Å². The van der Waals surface area contributed by atoms with E-state index in [1.54, 1.807) is 6.07 Å². The van der Waals surface area contributed by atoms with E-state index in [0.717, 1.165) is 25.3 Å². The molecular weight excluding hydrogens is 260 g/mol. The van der Waals surface area contributed by atoms with Crippen LogP contribution in [0.1, 0.15) is 27.9 Å².